The minimum atomic E-state index is 0.178. The van der Waals surface area contributed by atoms with Crippen molar-refractivity contribution >= 4 is 33.2 Å². The molecule has 0 spiro atoms. The Bertz CT molecular complexity index is 2120. The number of anilines is 2. The molecule has 2 aliphatic rings. The van der Waals surface area contributed by atoms with Crippen LogP contribution in [0.4, 0.5) is 11.4 Å². The average Bonchev–Trinajstić information content (AvgIpc) is 3.63. The smallest absolute Gasteiger partial charge is 0.119 e. The summed E-state index contributed by atoms with van der Waals surface area (Å²) in [4.78, 5) is 2.42. The van der Waals surface area contributed by atoms with Crippen molar-refractivity contribution in [3.8, 4) is 22.9 Å². The van der Waals surface area contributed by atoms with Crippen LogP contribution < -0.4 is 19.1 Å². The third kappa shape index (κ3) is 4.88. The van der Waals surface area contributed by atoms with Crippen molar-refractivity contribution in [1.82, 2.24) is 4.57 Å². The maximum absolute atomic E-state index is 5.58. The molecule has 0 radical (unpaired) electrons. The lowest BCUT2D eigenvalue weighted by Gasteiger charge is -2.29. The summed E-state index contributed by atoms with van der Waals surface area (Å²) in [6.45, 7) is 0. The lowest BCUT2D eigenvalue weighted by Crippen LogP contribution is -2.29. The van der Waals surface area contributed by atoms with Gasteiger partial charge in [0, 0.05) is 33.8 Å². The second kappa shape index (κ2) is 11.6. The Morgan fingerprint density at radius 1 is 0.574 bits per heavy atom. The van der Waals surface area contributed by atoms with E-state index in [-0.39, 0.29) is 12.0 Å². The summed E-state index contributed by atoms with van der Waals surface area (Å²) >= 11 is 0. The molecule has 0 N–H and O–H groups in total. The van der Waals surface area contributed by atoms with Gasteiger partial charge in [0.25, 0.3) is 0 Å². The largest absolute Gasteiger partial charge is 0.497 e. The van der Waals surface area contributed by atoms with Gasteiger partial charge in [-0.1, -0.05) is 30.3 Å². The Hall–Kier alpha value is -5.62. The van der Waals surface area contributed by atoms with Crippen molar-refractivity contribution in [1.29, 1.82) is 0 Å². The van der Waals surface area contributed by atoms with Crippen molar-refractivity contribution in [3.05, 3.63) is 144 Å². The van der Waals surface area contributed by atoms with Crippen molar-refractivity contribution in [3.63, 3.8) is 0 Å². The minimum Gasteiger partial charge on any atom is -0.497 e. The summed E-state index contributed by atoms with van der Waals surface area (Å²) in [6.07, 6.45) is 7.38. The van der Waals surface area contributed by atoms with Crippen LogP contribution in [0.1, 0.15) is 22.6 Å². The second-order valence-electron chi connectivity index (χ2n) is 12.1. The molecule has 0 fully saturated rings. The fourth-order valence-electron chi connectivity index (χ4n) is 7.21. The molecule has 0 saturated heterocycles. The van der Waals surface area contributed by atoms with Gasteiger partial charge in [0.15, 0.2) is 0 Å². The summed E-state index contributed by atoms with van der Waals surface area (Å²) in [5.74, 6) is 3.62. The molecule has 0 amide bonds. The van der Waals surface area contributed by atoms with Gasteiger partial charge in [0.1, 0.15) is 23.0 Å². The van der Waals surface area contributed by atoms with Gasteiger partial charge in [-0.05, 0) is 114 Å². The van der Waals surface area contributed by atoms with Crippen LogP contribution in [0.25, 0.3) is 27.5 Å². The van der Waals surface area contributed by atoms with Gasteiger partial charge in [0.05, 0.1) is 45.5 Å². The molecular weight excluding hydrogens is 584 g/mol. The fraction of sp³-hybridized carbons (Fsp3) is 0.171. The fourth-order valence-corrected chi connectivity index (χ4v) is 7.21. The number of fused-ring (bicyclic) bond motifs is 6. The Balaban J connectivity index is 1.07. The van der Waals surface area contributed by atoms with E-state index in [0.29, 0.717) is 0 Å². The van der Waals surface area contributed by atoms with Gasteiger partial charge in [-0.3, -0.25) is 0 Å². The summed E-state index contributed by atoms with van der Waals surface area (Å²) in [5.41, 5.74) is 9.52. The maximum Gasteiger partial charge on any atom is 0.119 e. The zero-order valence-corrected chi connectivity index (χ0v) is 26.9. The molecule has 6 aromatic rings. The molecule has 8 rings (SSSR count). The Morgan fingerprint density at radius 3 is 1.70 bits per heavy atom. The predicted molar refractivity (Wildman–Crippen MR) is 189 cm³/mol. The van der Waals surface area contributed by atoms with Gasteiger partial charge in [-0.25, -0.2) is 0 Å². The number of methoxy groups -OCH3 is 4. The normalized spacial score (nSPS) is 16.6. The molecule has 0 saturated carbocycles. The van der Waals surface area contributed by atoms with Crippen LogP contribution in [0.2, 0.25) is 0 Å². The van der Waals surface area contributed by atoms with Gasteiger partial charge in [0.2, 0.25) is 0 Å². The van der Waals surface area contributed by atoms with Crippen LogP contribution in [0, 0.1) is 0 Å². The standard InChI is InChI=1S/C41H36N2O4/c1-44-30-13-17-38-34(22-30)35-23-31(45-2)14-18-39(35)42(38)28-9-5-26(6-10-28)21-27-7-11-29(12-8-27)43-40-19-15-32(46-3)24-36(40)37-25-33(47-4)16-20-41(37)43/h5-20,22-25,34,38H,21H2,1-4H3. The number of ether oxygens (including phenoxy) is 4. The minimum absolute atomic E-state index is 0.178. The maximum atomic E-state index is 5.58. The third-order valence-corrected chi connectivity index (χ3v) is 9.55. The molecule has 0 bridgehead atoms. The van der Waals surface area contributed by atoms with Crippen LogP contribution in [-0.2, 0) is 11.2 Å². The summed E-state index contributed by atoms with van der Waals surface area (Å²) in [7, 11) is 6.85. The second-order valence-corrected chi connectivity index (χ2v) is 12.1. The summed E-state index contributed by atoms with van der Waals surface area (Å²) < 4.78 is 24.6. The highest BCUT2D eigenvalue weighted by molar-refractivity contribution is 6.10. The summed E-state index contributed by atoms with van der Waals surface area (Å²) in [5, 5.41) is 2.26. The van der Waals surface area contributed by atoms with Crippen molar-refractivity contribution in [2.24, 2.45) is 0 Å². The number of nitrogens with zero attached hydrogens (tertiary/aromatic N) is 2. The lowest BCUT2D eigenvalue weighted by molar-refractivity contribution is 0.301. The molecule has 47 heavy (non-hydrogen) atoms. The van der Waals surface area contributed by atoms with E-state index in [9.17, 15) is 0 Å². The molecule has 2 heterocycles. The Labute approximate surface area is 274 Å². The zero-order valence-electron chi connectivity index (χ0n) is 26.9. The highest BCUT2D eigenvalue weighted by Gasteiger charge is 2.38. The van der Waals surface area contributed by atoms with E-state index < -0.39 is 0 Å². The quantitative estimate of drug-likeness (QED) is 0.170. The molecule has 6 heteroatoms. The van der Waals surface area contributed by atoms with Gasteiger partial charge >= 0.3 is 0 Å². The number of rotatable bonds is 8. The predicted octanol–water partition coefficient (Wildman–Crippen LogP) is 9.10. The van der Waals surface area contributed by atoms with E-state index >= 15 is 0 Å². The number of hydrogen-bond acceptors (Lipinski definition) is 5. The highest BCUT2D eigenvalue weighted by atomic mass is 16.5. The number of benzene rings is 5. The van der Waals surface area contributed by atoms with Crippen LogP contribution >= 0.6 is 0 Å². The molecule has 2 atom stereocenters. The number of aromatic nitrogens is 1. The first-order valence-corrected chi connectivity index (χ1v) is 15.8. The van der Waals surface area contributed by atoms with E-state index in [1.165, 1.54) is 28.1 Å². The SMILES string of the molecule is COC1=CC2c3cc(OC)ccc3N(c3ccc(Cc4ccc(-n5c6ccc(OC)cc6c6cc(OC)ccc65)cc4)cc3)C2C=C1. The molecule has 1 aliphatic heterocycles. The van der Waals surface area contributed by atoms with E-state index in [1.54, 1.807) is 28.4 Å². The Morgan fingerprint density at radius 2 is 1.13 bits per heavy atom. The molecule has 2 unspecified atom stereocenters. The number of allylic oxidation sites excluding steroid dienone is 1. The topological polar surface area (TPSA) is 45.1 Å². The van der Waals surface area contributed by atoms with Crippen LogP contribution in [0.15, 0.2) is 127 Å². The molecule has 1 aromatic heterocycles. The van der Waals surface area contributed by atoms with Crippen LogP contribution in [-0.4, -0.2) is 39.0 Å². The van der Waals surface area contributed by atoms with Crippen LogP contribution in [0.5, 0.6) is 17.2 Å². The third-order valence-electron chi connectivity index (χ3n) is 9.55. The van der Waals surface area contributed by atoms with E-state index in [2.05, 4.69) is 113 Å². The van der Waals surface area contributed by atoms with Crippen molar-refractivity contribution < 1.29 is 18.9 Å². The van der Waals surface area contributed by atoms with E-state index in [4.69, 9.17) is 18.9 Å². The molecule has 6 nitrogen and oxygen atoms in total. The molecule has 1 aliphatic carbocycles. The van der Waals surface area contributed by atoms with E-state index in [1.807, 2.05) is 18.2 Å². The number of hydrogen-bond donors (Lipinski definition) is 0. The zero-order chi connectivity index (χ0) is 32.1. The highest BCUT2D eigenvalue weighted by Crippen LogP contribution is 2.49. The van der Waals surface area contributed by atoms with Crippen molar-refractivity contribution in [2.45, 2.75) is 18.4 Å². The van der Waals surface area contributed by atoms with E-state index in [0.717, 1.165) is 56.9 Å². The van der Waals surface area contributed by atoms with Gasteiger partial charge in [-0.2, -0.15) is 0 Å². The summed E-state index contributed by atoms with van der Waals surface area (Å²) in [6, 6.07) is 36.9. The lowest BCUT2D eigenvalue weighted by atomic mass is 9.90. The molecule has 5 aromatic carbocycles. The van der Waals surface area contributed by atoms with Gasteiger partial charge in [-0.15, -0.1) is 0 Å². The molecule has 234 valence electrons. The first-order valence-electron chi connectivity index (χ1n) is 15.8. The molecular formula is C41H36N2O4. The van der Waals surface area contributed by atoms with Crippen molar-refractivity contribution in [2.75, 3.05) is 33.3 Å². The van der Waals surface area contributed by atoms with Gasteiger partial charge < -0.3 is 28.4 Å². The first kappa shape index (κ1) is 28.8. The monoisotopic (exact) mass is 620 g/mol. The van der Waals surface area contributed by atoms with Crippen LogP contribution in [0.3, 0.4) is 0 Å². The average molecular weight is 621 g/mol. The first-order chi connectivity index (χ1) is 23.1. The Kier molecular flexibility index (Phi) is 7.13.